The lowest BCUT2D eigenvalue weighted by Gasteiger charge is -2.36. The second kappa shape index (κ2) is 20.1. The zero-order chi connectivity index (χ0) is 53.1. The Morgan fingerprint density at radius 1 is 0.622 bits per heavy atom. The number of alkyl halides is 6. The number of anilines is 4. The van der Waals surface area contributed by atoms with E-state index in [1.807, 2.05) is 39.8 Å². The van der Waals surface area contributed by atoms with Crippen LogP contribution in [0.1, 0.15) is 84.2 Å². The van der Waals surface area contributed by atoms with Gasteiger partial charge in [-0.25, -0.2) is 16.8 Å². The van der Waals surface area contributed by atoms with Crippen molar-refractivity contribution < 1.29 is 53.5 Å². The van der Waals surface area contributed by atoms with Gasteiger partial charge in [-0.2, -0.15) is 10.2 Å². The molecule has 4 aliphatic rings. The number of sulfone groups is 2. The first-order valence-corrected chi connectivity index (χ1v) is 27.9. The fourth-order valence-electron chi connectivity index (χ4n) is 10.6. The summed E-state index contributed by atoms with van der Waals surface area (Å²) in [6.07, 6.45) is 4.19. The normalized spacial score (nSPS) is 20.4. The topological polar surface area (TPSA) is 209 Å². The molecule has 2 saturated heterocycles. The van der Waals surface area contributed by atoms with Gasteiger partial charge < -0.3 is 29.9 Å². The van der Waals surface area contributed by atoms with Gasteiger partial charge in [0, 0.05) is 93.1 Å². The van der Waals surface area contributed by atoms with Crippen LogP contribution in [-0.2, 0) is 19.7 Å². The number of nitrogens with zero attached hydrogens (tertiary/aromatic N) is 4. The molecule has 2 fully saturated rings. The maximum absolute atomic E-state index is 13.3. The van der Waals surface area contributed by atoms with E-state index in [0.717, 1.165) is 33.6 Å². The van der Waals surface area contributed by atoms with Crippen LogP contribution in [0.3, 0.4) is 0 Å². The van der Waals surface area contributed by atoms with Gasteiger partial charge >= 0.3 is 11.1 Å². The number of amides is 2. The van der Waals surface area contributed by atoms with E-state index in [9.17, 15) is 44.0 Å². The summed E-state index contributed by atoms with van der Waals surface area (Å²) in [7, 11) is -6.35. The minimum absolute atomic E-state index is 0.0319. The van der Waals surface area contributed by atoms with Crippen LogP contribution < -0.4 is 29.9 Å². The van der Waals surface area contributed by atoms with Gasteiger partial charge in [0.25, 0.3) is 11.8 Å². The van der Waals surface area contributed by atoms with E-state index in [2.05, 4.69) is 50.3 Å². The van der Waals surface area contributed by atoms with Crippen molar-refractivity contribution in [3.8, 4) is 34.0 Å². The molecule has 392 valence electrons. The predicted molar refractivity (Wildman–Crippen MR) is 275 cm³/mol. The number of hydrogen-bond donors (Lipinski definition) is 4. The van der Waals surface area contributed by atoms with Crippen molar-refractivity contribution in [1.82, 2.24) is 20.4 Å². The van der Waals surface area contributed by atoms with E-state index in [1.54, 1.807) is 36.7 Å². The Labute approximate surface area is 433 Å². The number of aromatic amines is 2. The number of fused-ring (bicyclic) bond motifs is 6. The molecule has 0 spiro atoms. The van der Waals surface area contributed by atoms with Gasteiger partial charge in [0.15, 0.2) is 19.7 Å². The number of halogens is 6. The second-order valence-electron chi connectivity index (χ2n) is 19.1. The number of benzene rings is 4. The summed E-state index contributed by atoms with van der Waals surface area (Å²) in [6.45, 7) is 8.10. The highest BCUT2D eigenvalue weighted by Gasteiger charge is 2.48. The first-order valence-electron chi connectivity index (χ1n) is 23.5. The van der Waals surface area contributed by atoms with E-state index >= 15 is 0 Å². The summed E-state index contributed by atoms with van der Waals surface area (Å²) in [5.74, 6) is -0.850. The summed E-state index contributed by atoms with van der Waals surface area (Å²) in [6, 6.07) is 21.2. The number of ether oxygens (including phenoxy) is 2. The fourth-order valence-corrected chi connectivity index (χ4v) is 14.2. The Morgan fingerprint density at radius 2 is 0.986 bits per heavy atom. The van der Waals surface area contributed by atoms with Crippen LogP contribution in [0.25, 0.3) is 22.5 Å². The molecule has 0 radical (unpaired) electrons. The Kier molecular flexibility index (Phi) is 14.2. The van der Waals surface area contributed by atoms with Gasteiger partial charge in [-0.05, 0) is 137 Å². The summed E-state index contributed by atoms with van der Waals surface area (Å²) in [4.78, 5) is 30.9. The third-order valence-electron chi connectivity index (χ3n) is 13.5. The van der Waals surface area contributed by atoms with E-state index in [1.165, 1.54) is 48.5 Å². The largest absolute Gasteiger partial charge is 0.487 e. The van der Waals surface area contributed by atoms with E-state index in [-0.39, 0.29) is 70.5 Å². The molecule has 2 unspecified atom stereocenters. The Hall–Kier alpha value is -6.36. The lowest BCUT2D eigenvalue weighted by Crippen LogP contribution is -2.47. The SMILES string of the molecule is CC(C)N1c2c(-c3ccn[nH]3)cc(C(=O)Nc3ccc(OC(F)(F)Cl)cc3)cc2C2CCS(=O)(=O)CC21.CC(C)N1c2c(-c3ccn[nH]3)cc(C(=O)Nc3ccc(OC(F)(F)Cl)cc3)cc2[C@@H]2CCS(=O)(=O)C[C@@H]21. The molecule has 4 aromatic carbocycles. The molecule has 10 rings (SSSR count). The van der Waals surface area contributed by atoms with Crippen LogP contribution in [0.5, 0.6) is 11.5 Å². The van der Waals surface area contributed by atoms with Crippen LogP contribution in [-0.4, -0.2) is 107 Å². The van der Waals surface area contributed by atoms with Gasteiger partial charge in [-0.3, -0.25) is 19.8 Å². The minimum atomic E-state index is -3.83. The molecule has 4 N–H and O–H groups in total. The maximum atomic E-state index is 13.3. The van der Waals surface area contributed by atoms with Crippen molar-refractivity contribution in [3.63, 3.8) is 0 Å². The number of hydrogen-bond acceptors (Lipinski definition) is 12. The number of carbonyl (C=O) groups is 2. The third kappa shape index (κ3) is 11.3. The fraction of sp³-hybridized carbons (Fsp3) is 0.360. The highest BCUT2D eigenvalue weighted by molar-refractivity contribution is 7.91. The molecule has 4 atom stereocenters. The standard InChI is InChI=1S/2C25H25ClF2N4O4S/c2*1-14(2)32-22-13-37(34,35)10-8-18(22)19-11-15(12-20(23(19)32)21-7-9-29-31-21)24(33)30-16-3-5-17(6-4-16)36-25(26,27)28/h2*3-7,9,11-12,14,18,22H,8,10,13H2,1-2H3,(H,29,31)(H,30,33)/t18-,22-;/m0./s1. The summed E-state index contributed by atoms with van der Waals surface area (Å²) >= 11 is 9.60. The lowest BCUT2D eigenvalue weighted by molar-refractivity contribution is -0.0972. The lowest BCUT2D eigenvalue weighted by atomic mass is 9.90. The molecule has 6 heterocycles. The molecule has 6 aromatic rings. The zero-order valence-electron chi connectivity index (χ0n) is 40.1. The average Bonchev–Trinajstić information content (AvgIpc) is 4.14. The van der Waals surface area contributed by atoms with Crippen LogP contribution >= 0.6 is 23.2 Å². The predicted octanol–water partition coefficient (Wildman–Crippen LogP) is 9.99. The van der Waals surface area contributed by atoms with E-state index < -0.39 is 42.6 Å². The monoisotopic (exact) mass is 1100 g/mol. The zero-order valence-corrected chi connectivity index (χ0v) is 43.2. The van der Waals surface area contributed by atoms with Crippen molar-refractivity contribution in [2.24, 2.45) is 0 Å². The first kappa shape index (κ1) is 52.5. The van der Waals surface area contributed by atoms with Gasteiger partial charge in [0.05, 0.1) is 57.9 Å². The van der Waals surface area contributed by atoms with E-state index in [0.29, 0.717) is 46.7 Å². The molecule has 74 heavy (non-hydrogen) atoms. The third-order valence-corrected chi connectivity index (χ3v) is 17.0. The maximum Gasteiger partial charge on any atom is 0.487 e. The van der Waals surface area contributed by atoms with Crippen molar-refractivity contribution in [3.05, 3.63) is 120 Å². The highest BCUT2D eigenvalue weighted by atomic mass is 35.5. The van der Waals surface area contributed by atoms with Crippen LogP contribution in [0, 0.1) is 0 Å². The first-order chi connectivity index (χ1) is 34.8. The smallest absolute Gasteiger partial charge is 0.420 e. The molecule has 4 aliphatic heterocycles. The van der Waals surface area contributed by atoms with Crippen LogP contribution in [0.4, 0.5) is 40.3 Å². The number of carbonyl (C=O) groups excluding carboxylic acids is 2. The number of nitrogens with one attached hydrogen (secondary N) is 4. The molecule has 2 aromatic heterocycles. The van der Waals surface area contributed by atoms with Crippen LogP contribution in [0.15, 0.2) is 97.3 Å². The molecule has 2 amide bonds. The second-order valence-corrected chi connectivity index (χ2v) is 24.4. The van der Waals surface area contributed by atoms with Crippen molar-refractivity contribution in [2.45, 2.75) is 87.7 Å². The van der Waals surface area contributed by atoms with Gasteiger partial charge in [0.1, 0.15) is 11.5 Å². The average molecular weight is 1100 g/mol. The number of aromatic nitrogens is 4. The molecule has 24 heteroatoms. The highest BCUT2D eigenvalue weighted by Crippen LogP contribution is 2.53. The van der Waals surface area contributed by atoms with Gasteiger partial charge in [-0.15, -0.1) is 17.6 Å². The molecule has 0 saturated carbocycles. The van der Waals surface area contributed by atoms with Gasteiger partial charge in [0.2, 0.25) is 0 Å². The van der Waals surface area contributed by atoms with Crippen molar-refractivity contribution in [2.75, 3.05) is 43.4 Å². The van der Waals surface area contributed by atoms with Crippen LogP contribution in [0.2, 0.25) is 0 Å². The molecule has 0 aliphatic carbocycles. The minimum Gasteiger partial charge on any atom is -0.420 e. The number of H-pyrrole nitrogens is 2. The Bertz CT molecular complexity index is 3070. The number of rotatable bonds is 12. The molecule has 0 bridgehead atoms. The summed E-state index contributed by atoms with van der Waals surface area (Å²) in [5, 5.41) is 19.6. The quantitative estimate of drug-likeness (QED) is 0.0667. The summed E-state index contributed by atoms with van der Waals surface area (Å²) in [5.41, 5.74) is 0.467. The molecule has 16 nitrogen and oxygen atoms in total. The van der Waals surface area contributed by atoms with Crippen molar-refractivity contribution >= 4 is 77.4 Å². The van der Waals surface area contributed by atoms with E-state index in [4.69, 9.17) is 23.2 Å². The molecular weight excluding hydrogens is 1050 g/mol. The molecular formula is C50H50Cl2F4N8O8S2. The van der Waals surface area contributed by atoms with Gasteiger partial charge in [-0.1, -0.05) is 0 Å². The Balaban J connectivity index is 0.000000182. The Morgan fingerprint density at radius 3 is 1.30 bits per heavy atom. The van der Waals surface area contributed by atoms with Crippen molar-refractivity contribution in [1.29, 1.82) is 0 Å². The summed E-state index contributed by atoms with van der Waals surface area (Å²) < 4.78 is 110.